The van der Waals surface area contributed by atoms with Gasteiger partial charge in [-0.25, -0.2) is 14.8 Å². The molecular formula is C22H27N5O3S. The molecule has 2 N–H and O–H groups in total. The van der Waals surface area contributed by atoms with E-state index in [0.29, 0.717) is 17.4 Å². The lowest BCUT2D eigenvalue weighted by molar-refractivity contribution is 0.102. The summed E-state index contributed by atoms with van der Waals surface area (Å²) in [6.07, 6.45) is 6.60. The Bertz CT molecular complexity index is 1230. The molecule has 0 fully saturated rings. The Hall–Kier alpha value is -2.81. The standard InChI is InChI=1S/C22H27N5O3S/c1-4-27-18-17(20(29)26-22(27)30)13(11-15(23-18)12(2)3)19(28)25-21-24-14-9-7-5-6-8-10-16(14)31-21/h11-12H,4-10H2,1-3H3,(H,24,25,28)(H,26,29,30). The molecule has 9 heteroatoms. The van der Waals surface area contributed by atoms with E-state index in [9.17, 15) is 14.4 Å². The fourth-order valence-corrected chi connectivity index (χ4v) is 5.03. The van der Waals surface area contributed by atoms with E-state index in [4.69, 9.17) is 0 Å². The van der Waals surface area contributed by atoms with Gasteiger partial charge in [-0.2, -0.15) is 0 Å². The summed E-state index contributed by atoms with van der Waals surface area (Å²) in [6, 6.07) is 1.64. The minimum atomic E-state index is -0.607. The van der Waals surface area contributed by atoms with Crippen molar-refractivity contribution in [1.29, 1.82) is 0 Å². The number of carbonyl (C=O) groups excluding carboxylic acids is 1. The molecule has 8 nitrogen and oxygen atoms in total. The Morgan fingerprint density at radius 1 is 1.19 bits per heavy atom. The minimum Gasteiger partial charge on any atom is -0.298 e. The summed E-state index contributed by atoms with van der Waals surface area (Å²) in [6.45, 7) is 6.05. The number of thiazole rings is 1. The molecule has 0 aromatic carbocycles. The molecule has 31 heavy (non-hydrogen) atoms. The van der Waals surface area contributed by atoms with E-state index in [1.807, 2.05) is 13.8 Å². The number of hydrogen-bond donors (Lipinski definition) is 2. The number of carbonyl (C=O) groups is 1. The van der Waals surface area contributed by atoms with Crippen LogP contribution in [0.15, 0.2) is 15.7 Å². The number of aryl methyl sites for hydroxylation is 3. The number of aromatic nitrogens is 4. The second-order valence-electron chi connectivity index (χ2n) is 8.21. The number of nitrogens with one attached hydrogen (secondary N) is 2. The minimum absolute atomic E-state index is 0.0234. The van der Waals surface area contributed by atoms with Crippen molar-refractivity contribution in [2.24, 2.45) is 0 Å². The van der Waals surface area contributed by atoms with Crippen LogP contribution in [0.25, 0.3) is 11.0 Å². The quantitative estimate of drug-likeness (QED) is 0.643. The summed E-state index contributed by atoms with van der Waals surface area (Å²) in [7, 11) is 0. The predicted molar refractivity (Wildman–Crippen MR) is 122 cm³/mol. The number of fused-ring (bicyclic) bond motifs is 2. The lowest BCUT2D eigenvalue weighted by Crippen LogP contribution is -2.32. The summed E-state index contributed by atoms with van der Waals surface area (Å²) in [5, 5.41) is 3.57. The maximum absolute atomic E-state index is 13.3. The molecule has 0 radical (unpaired) electrons. The van der Waals surface area contributed by atoms with Gasteiger partial charge in [0.2, 0.25) is 0 Å². The van der Waals surface area contributed by atoms with Crippen LogP contribution in [-0.2, 0) is 19.4 Å². The van der Waals surface area contributed by atoms with Crippen LogP contribution in [0, 0.1) is 0 Å². The van der Waals surface area contributed by atoms with Crippen molar-refractivity contribution >= 4 is 33.4 Å². The van der Waals surface area contributed by atoms with Crippen LogP contribution >= 0.6 is 11.3 Å². The number of nitrogens with zero attached hydrogens (tertiary/aromatic N) is 3. The topological polar surface area (TPSA) is 110 Å². The monoisotopic (exact) mass is 441 g/mol. The summed E-state index contributed by atoms with van der Waals surface area (Å²) < 4.78 is 1.38. The highest BCUT2D eigenvalue weighted by molar-refractivity contribution is 7.15. The van der Waals surface area contributed by atoms with Gasteiger partial charge in [0.1, 0.15) is 0 Å². The summed E-state index contributed by atoms with van der Waals surface area (Å²) in [4.78, 5) is 50.9. The van der Waals surface area contributed by atoms with Gasteiger partial charge < -0.3 is 0 Å². The Morgan fingerprint density at radius 2 is 1.94 bits per heavy atom. The molecule has 0 atom stereocenters. The first kappa shape index (κ1) is 21.4. The average molecular weight is 442 g/mol. The molecule has 0 saturated carbocycles. The highest BCUT2D eigenvalue weighted by atomic mass is 32.1. The zero-order valence-electron chi connectivity index (χ0n) is 18.1. The lowest BCUT2D eigenvalue weighted by Gasteiger charge is -2.13. The molecule has 0 saturated heterocycles. The molecule has 3 heterocycles. The van der Waals surface area contributed by atoms with E-state index in [1.165, 1.54) is 33.6 Å². The fraction of sp³-hybridized carbons (Fsp3) is 0.500. The molecule has 3 aromatic heterocycles. The lowest BCUT2D eigenvalue weighted by atomic mass is 10.0. The second-order valence-corrected chi connectivity index (χ2v) is 9.29. The highest BCUT2D eigenvalue weighted by Gasteiger charge is 2.22. The van der Waals surface area contributed by atoms with Crippen molar-refractivity contribution in [1.82, 2.24) is 19.5 Å². The molecule has 4 rings (SSSR count). The van der Waals surface area contributed by atoms with Crippen molar-refractivity contribution < 1.29 is 4.79 Å². The van der Waals surface area contributed by atoms with E-state index in [2.05, 4.69) is 20.3 Å². The zero-order chi connectivity index (χ0) is 22.1. The Morgan fingerprint density at radius 3 is 2.65 bits per heavy atom. The maximum Gasteiger partial charge on any atom is 0.329 e. The summed E-state index contributed by atoms with van der Waals surface area (Å²) in [5.41, 5.74) is 1.03. The van der Waals surface area contributed by atoms with E-state index in [-0.39, 0.29) is 22.5 Å². The van der Waals surface area contributed by atoms with Crippen LogP contribution in [0.4, 0.5) is 5.13 Å². The average Bonchev–Trinajstić information content (AvgIpc) is 3.07. The van der Waals surface area contributed by atoms with E-state index >= 15 is 0 Å². The highest BCUT2D eigenvalue weighted by Crippen LogP contribution is 2.29. The van der Waals surface area contributed by atoms with Gasteiger partial charge in [-0.05, 0) is 44.6 Å². The van der Waals surface area contributed by atoms with Crippen LogP contribution in [0.2, 0.25) is 0 Å². The summed E-state index contributed by atoms with van der Waals surface area (Å²) in [5.74, 6) is -0.391. The van der Waals surface area contributed by atoms with Crippen LogP contribution in [0.1, 0.15) is 79.0 Å². The van der Waals surface area contributed by atoms with Gasteiger partial charge in [0.15, 0.2) is 10.8 Å². The molecule has 0 aliphatic heterocycles. The Balaban J connectivity index is 1.80. The van der Waals surface area contributed by atoms with E-state index < -0.39 is 17.2 Å². The molecule has 1 aliphatic rings. The largest absolute Gasteiger partial charge is 0.329 e. The van der Waals surface area contributed by atoms with Crippen molar-refractivity contribution in [2.45, 2.75) is 71.8 Å². The van der Waals surface area contributed by atoms with Crippen molar-refractivity contribution in [3.63, 3.8) is 0 Å². The van der Waals surface area contributed by atoms with Crippen molar-refractivity contribution in [2.75, 3.05) is 5.32 Å². The van der Waals surface area contributed by atoms with Crippen molar-refractivity contribution in [3.8, 4) is 0 Å². The number of amides is 1. The van der Waals surface area contributed by atoms with E-state index in [1.54, 1.807) is 13.0 Å². The predicted octanol–water partition coefficient (Wildman–Crippen LogP) is 3.60. The maximum atomic E-state index is 13.3. The van der Waals surface area contributed by atoms with E-state index in [0.717, 1.165) is 31.4 Å². The molecule has 1 amide bonds. The van der Waals surface area contributed by atoms with Gasteiger partial charge in [0.05, 0.1) is 16.6 Å². The van der Waals surface area contributed by atoms with Crippen LogP contribution in [0.5, 0.6) is 0 Å². The summed E-state index contributed by atoms with van der Waals surface area (Å²) >= 11 is 1.51. The number of rotatable bonds is 4. The molecule has 0 spiro atoms. The fourth-order valence-electron chi connectivity index (χ4n) is 3.99. The van der Waals surface area contributed by atoms with Gasteiger partial charge in [-0.1, -0.05) is 26.7 Å². The number of anilines is 1. The van der Waals surface area contributed by atoms with Gasteiger partial charge >= 0.3 is 5.69 Å². The Kier molecular flexibility index (Phi) is 6.04. The van der Waals surface area contributed by atoms with Gasteiger partial charge in [-0.3, -0.25) is 24.5 Å². The van der Waals surface area contributed by atoms with Gasteiger partial charge in [0.25, 0.3) is 11.5 Å². The van der Waals surface area contributed by atoms with Crippen LogP contribution in [0.3, 0.4) is 0 Å². The van der Waals surface area contributed by atoms with Gasteiger partial charge in [0, 0.05) is 17.1 Å². The number of aromatic amines is 1. The molecular weight excluding hydrogens is 414 g/mol. The number of pyridine rings is 1. The normalized spacial score (nSPS) is 14.3. The zero-order valence-corrected chi connectivity index (χ0v) is 18.9. The molecule has 0 unspecified atom stereocenters. The molecule has 164 valence electrons. The SMILES string of the molecule is CCn1c(=O)[nH]c(=O)c2c(C(=O)Nc3nc4c(s3)CCCCCC4)cc(C(C)C)nc21. The molecule has 3 aromatic rings. The third-order valence-electron chi connectivity index (χ3n) is 5.69. The molecule has 0 bridgehead atoms. The first-order chi connectivity index (χ1) is 14.9. The molecule has 1 aliphatic carbocycles. The van der Waals surface area contributed by atoms with Gasteiger partial charge in [-0.15, -0.1) is 11.3 Å². The first-order valence-electron chi connectivity index (χ1n) is 10.9. The Labute approximate surface area is 183 Å². The smallest absolute Gasteiger partial charge is 0.298 e. The third kappa shape index (κ3) is 4.19. The van der Waals surface area contributed by atoms with Crippen LogP contribution in [-0.4, -0.2) is 25.4 Å². The number of H-pyrrole nitrogens is 1. The number of hydrogen-bond acceptors (Lipinski definition) is 6. The van der Waals surface area contributed by atoms with Crippen LogP contribution < -0.4 is 16.6 Å². The second kappa shape index (κ2) is 8.74. The third-order valence-corrected chi connectivity index (χ3v) is 6.76. The first-order valence-corrected chi connectivity index (χ1v) is 11.7. The van der Waals surface area contributed by atoms with Crippen molar-refractivity contribution in [3.05, 3.63) is 48.7 Å².